The highest BCUT2D eigenvalue weighted by molar-refractivity contribution is 5.48. The van der Waals surface area contributed by atoms with E-state index in [0.717, 1.165) is 24.5 Å². The summed E-state index contributed by atoms with van der Waals surface area (Å²) < 4.78 is 5.65. The van der Waals surface area contributed by atoms with Crippen LogP contribution in [0.15, 0.2) is 42.6 Å². The molecule has 4 rings (SSSR count). The zero-order valence-electron chi connectivity index (χ0n) is 16.1. The molecule has 0 spiro atoms. The summed E-state index contributed by atoms with van der Waals surface area (Å²) in [5.41, 5.74) is 0.111. The van der Waals surface area contributed by atoms with Gasteiger partial charge in [-0.15, -0.1) is 0 Å². The molecule has 0 saturated carbocycles. The molecule has 2 aromatic rings. The molecule has 2 aliphatic rings. The number of β-amino-alcohol motifs (C(OH)–C–C–N with tert-alkyl or cyclic N) is 1. The highest BCUT2D eigenvalue weighted by Gasteiger charge is 2.44. The van der Waals surface area contributed by atoms with Crippen LogP contribution in [-0.4, -0.2) is 79.5 Å². The molecule has 3 heterocycles. The van der Waals surface area contributed by atoms with Gasteiger partial charge in [0, 0.05) is 26.4 Å². The molecule has 0 bridgehead atoms. The van der Waals surface area contributed by atoms with Gasteiger partial charge in [0.2, 0.25) is 5.95 Å². The summed E-state index contributed by atoms with van der Waals surface area (Å²) in [6, 6.07) is 12.1. The number of rotatable bonds is 5. The molecule has 1 aromatic carbocycles. The smallest absolute Gasteiger partial charge is 0.227 e. The van der Waals surface area contributed by atoms with Gasteiger partial charge in [0.1, 0.15) is 11.4 Å². The second-order valence-electron chi connectivity index (χ2n) is 7.68. The van der Waals surface area contributed by atoms with Crippen molar-refractivity contribution >= 4 is 11.8 Å². The van der Waals surface area contributed by atoms with Crippen molar-refractivity contribution in [3.8, 4) is 0 Å². The Labute approximate surface area is 160 Å². The number of aromatic nitrogens is 2. The molecule has 27 heavy (non-hydrogen) atoms. The predicted molar refractivity (Wildman–Crippen MR) is 105 cm³/mol. The normalized spacial score (nSPS) is 24.3. The number of aliphatic hydroxyl groups is 1. The van der Waals surface area contributed by atoms with E-state index in [4.69, 9.17) is 9.72 Å². The Balaban J connectivity index is 1.47. The molecule has 0 aliphatic carbocycles. The van der Waals surface area contributed by atoms with Gasteiger partial charge in [-0.25, -0.2) is 4.98 Å². The zero-order valence-corrected chi connectivity index (χ0v) is 16.1. The summed E-state index contributed by atoms with van der Waals surface area (Å²) in [6.45, 7) is 2.68. The van der Waals surface area contributed by atoms with Gasteiger partial charge >= 0.3 is 0 Å². The van der Waals surface area contributed by atoms with Crippen molar-refractivity contribution in [1.82, 2.24) is 14.9 Å². The Morgan fingerprint density at radius 3 is 2.48 bits per heavy atom. The number of hydrogen-bond acceptors (Lipinski definition) is 7. The molecule has 2 aliphatic heterocycles. The molecular formula is C20H27N5O2. The number of hydrogen-bond donors (Lipinski definition) is 1. The van der Waals surface area contributed by atoms with Crippen molar-refractivity contribution in [1.29, 1.82) is 0 Å². The standard InChI is InChI=1S/C20H27N5O2/c1-23(2)16-11-24(12-17(16)27-3)18-9-10-21-19(22-18)25-13-20(26,14-25)15-7-5-4-6-8-15/h4-10,16-17,26H,11-14H2,1-3H3/t16-,17+/m0/s1. The lowest BCUT2D eigenvalue weighted by atomic mass is 9.86. The second kappa shape index (κ2) is 7.07. The van der Waals surface area contributed by atoms with E-state index in [1.807, 2.05) is 41.3 Å². The summed E-state index contributed by atoms with van der Waals surface area (Å²) >= 11 is 0. The average Bonchev–Trinajstić information content (AvgIpc) is 3.11. The van der Waals surface area contributed by atoms with E-state index in [1.165, 1.54) is 0 Å². The van der Waals surface area contributed by atoms with Gasteiger partial charge in [-0.2, -0.15) is 4.98 Å². The van der Waals surface area contributed by atoms with E-state index in [2.05, 4.69) is 28.9 Å². The first kappa shape index (κ1) is 18.2. The van der Waals surface area contributed by atoms with Crippen LogP contribution in [0.3, 0.4) is 0 Å². The molecule has 0 unspecified atom stereocenters. The average molecular weight is 369 g/mol. The first-order chi connectivity index (χ1) is 13.0. The first-order valence-corrected chi connectivity index (χ1v) is 9.30. The zero-order chi connectivity index (χ0) is 19.0. The third-order valence-electron chi connectivity index (χ3n) is 5.65. The number of ether oxygens (including phenoxy) is 1. The maximum absolute atomic E-state index is 10.8. The van der Waals surface area contributed by atoms with Gasteiger partial charge in [-0.1, -0.05) is 30.3 Å². The minimum absolute atomic E-state index is 0.158. The van der Waals surface area contributed by atoms with E-state index < -0.39 is 5.60 Å². The van der Waals surface area contributed by atoms with Gasteiger partial charge < -0.3 is 24.5 Å². The summed E-state index contributed by atoms with van der Waals surface area (Å²) in [6.07, 6.45) is 1.95. The molecule has 0 radical (unpaired) electrons. The number of nitrogens with zero attached hydrogens (tertiary/aromatic N) is 5. The highest BCUT2D eigenvalue weighted by Crippen LogP contribution is 2.34. The fourth-order valence-electron chi connectivity index (χ4n) is 4.00. The Bertz CT molecular complexity index is 779. The van der Waals surface area contributed by atoms with Crippen molar-refractivity contribution in [3.63, 3.8) is 0 Å². The van der Waals surface area contributed by atoms with Crippen LogP contribution in [0.1, 0.15) is 5.56 Å². The summed E-state index contributed by atoms with van der Waals surface area (Å²) in [4.78, 5) is 15.6. The summed E-state index contributed by atoms with van der Waals surface area (Å²) in [5.74, 6) is 1.57. The first-order valence-electron chi connectivity index (χ1n) is 9.30. The van der Waals surface area contributed by atoms with Crippen molar-refractivity contribution in [2.45, 2.75) is 17.7 Å². The third kappa shape index (κ3) is 3.38. The summed E-state index contributed by atoms with van der Waals surface area (Å²) in [7, 11) is 5.92. The SMILES string of the molecule is CO[C@@H]1CN(c2ccnc(N3CC(O)(c4ccccc4)C3)n2)C[C@@H]1N(C)C. The van der Waals surface area contributed by atoms with Crippen molar-refractivity contribution < 1.29 is 9.84 Å². The number of methoxy groups -OCH3 is 1. The molecule has 1 aromatic heterocycles. The Morgan fingerprint density at radius 1 is 1.11 bits per heavy atom. The van der Waals surface area contributed by atoms with Gasteiger partial charge in [0.05, 0.1) is 25.2 Å². The van der Waals surface area contributed by atoms with E-state index in [0.29, 0.717) is 25.1 Å². The fraction of sp³-hybridized carbons (Fsp3) is 0.500. The maximum Gasteiger partial charge on any atom is 0.227 e. The molecule has 2 fully saturated rings. The predicted octanol–water partition coefficient (Wildman–Crippen LogP) is 0.950. The topological polar surface area (TPSA) is 65.0 Å². The fourth-order valence-corrected chi connectivity index (χ4v) is 4.00. The van der Waals surface area contributed by atoms with Gasteiger partial charge in [0.25, 0.3) is 0 Å². The van der Waals surface area contributed by atoms with E-state index >= 15 is 0 Å². The maximum atomic E-state index is 10.8. The molecular weight excluding hydrogens is 342 g/mol. The largest absolute Gasteiger partial charge is 0.381 e. The second-order valence-corrected chi connectivity index (χ2v) is 7.68. The van der Waals surface area contributed by atoms with Gasteiger partial charge in [0.15, 0.2) is 0 Å². The van der Waals surface area contributed by atoms with Crippen molar-refractivity contribution in [2.75, 3.05) is 57.2 Å². The van der Waals surface area contributed by atoms with Crippen LogP contribution in [-0.2, 0) is 10.3 Å². The third-order valence-corrected chi connectivity index (χ3v) is 5.65. The lowest BCUT2D eigenvalue weighted by Crippen LogP contribution is -2.60. The molecule has 2 saturated heterocycles. The van der Waals surface area contributed by atoms with Gasteiger partial charge in [-0.3, -0.25) is 0 Å². The Hall–Kier alpha value is -2.22. The number of benzene rings is 1. The lowest BCUT2D eigenvalue weighted by Gasteiger charge is -2.46. The Morgan fingerprint density at radius 2 is 1.85 bits per heavy atom. The number of likely N-dealkylation sites (N-methyl/N-ethyl adjacent to an activating group) is 1. The summed E-state index contributed by atoms with van der Waals surface area (Å²) in [5, 5.41) is 10.8. The van der Waals surface area contributed by atoms with Crippen LogP contribution in [0.4, 0.5) is 11.8 Å². The van der Waals surface area contributed by atoms with Crippen LogP contribution < -0.4 is 9.80 Å². The van der Waals surface area contributed by atoms with E-state index in [-0.39, 0.29) is 6.10 Å². The van der Waals surface area contributed by atoms with Gasteiger partial charge in [-0.05, 0) is 25.7 Å². The minimum Gasteiger partial charge on any atom is -0.381 e. The van der Waals surface area contributed by atoms with Crippen LogP contribution in [0.25, 0.3) is 0 Å². The molecule has 7 heteroatoms. The molecule has 2 atom stereocenters. The molecule has 1 N–H and O–H groups in total. The number of anilines is 2. The van der Waals surface area contributed by atoms with Crippen LogP contribution >= 0.6 is 0 Å². The highest BCUT2D eigenvalue weighted by atomic mass is 16.5. The van der Waals surface area contributed by atoms with Crippen LogP contribution in [0.5, 0.6) is 0 Å². The van der Waals surface area contributed by atoms with E-state index in [9.17, 15) is 5.11 Å². The minimum atomic E-state index is -0.828. The quantitative estimate of drug-likeness (QED) is 0.842. The lowest BCUT2D eigenvalue weighted by molar-refractivity contribution is 0.00654. The van der Waals surface area contributed by atoms with Crippen molar-refractivity contribution in [2.24, 2.45) is 0 Å². The van der Waals surface area contributed by atoms with Crippen LogP contribution in [0.2, 0.25) is 0 Å². The Kier molecular flexibility index (Phi) is 4.75. The molecule has 144 valence electrons. The van der Waals surface area contributed by atoms with E-state index in [1.54, 1.807) is 13.3 Å². The molecule has 0 amide bonds. The van der Waals surface area contributed by atoms with Crippen molar-refractivity contribution in [3.05, 3.63) is 48.2 Å². The molecule has 7 nitrogen and oxygen atoms in total. The van der Waals surface area contributed by atoms with Crippen LogP contribution in [0, 0.1) is 0 Å². The monoisotopic (exact) mass is 369 g/mol.